The fraction of sp³-hybridized carbons (Fsp3) is 0.375. The maximum Gasteiger partial charge on any atom is 0.236 e. The first kappa shape index (κ1) is 21.6. The highest BCUT2D eigenvalue weighted by Gasteiger charge is 2.33. The number of nitrogens with zero attached hydrogens (tertiary/aromatic N) is 2. The summed E-state index contributed by atoms with van der Waals surface area (Å²) in [5.74, 6) is 1.98. The molecule has 33 heavy (non-hydrogen) atoms. The maximum atomic E-state index is 13.8. The summed E-state index contributed by atoms with van der Waals surface area (Å²) in [7, 11) is -2.43. The Kier molecular flexibility index (Phi) is 5.88. The van der Waals surface area contributed by atoms with Gasteiger partial charge < -0.3 is 23.5 Å². The molecule has 0 amide bonds. The third kappa shape index (κ3) is 4.13. The molecule has 174 valence electrons. The number of para-hydroxylation sites is 1. The molecule has 1 fully saturated rings. The number of ether oxygens (including phenoxy) is 3. The lowest BCUT2D eigenvalue weighted by molar-refractivity contribution is 0.171. The van der Waals surface area contributed by atoms with Crippen molar-refractivity contribution >= 4 is 15.7 Å². The van der Waals surface area contributed by atoms with Crippen molar-refractivity contribution in [3.05, 3.63) is 42.5 Å². The molecule has 3 aromatic rings. The molecule has 0 atom stereocenters. The molecule has 3 heterocycles. The number of hydrogen-bond donors (Lipinski definition) is 0. The molecule has 8 nitrogen and oxygen atoms in total. The van der Waals surface area contributed by atoms with E-state index in [0.29, 0.717) is 49.1 Å². The van der Waals surface area contributed by atoms with Gasteiger partial charge in [-0.15, -0.1) is 0 Å². The van der Waals surface area contributed by atoms with E-state index in [9.17, 15) is 8.42 Å². The van der Waals surface area contributed by atoms with E-state index in [4.69, 9.17) is 18.6 Å². The molecule has 2 aliphatic heterocycles. The first-order chi connectivity index (χ1) is 16.1. The van der Waals surface area contributed by atoms with E-state index >= 15 is 0 Å². The average molecular weight is 471 g/mol. The number of aromatic nitrogens is 1. The molecular weight excluding hydrogens is 444 g/mol. The Labute approximate surface area is 193 Å². The Morgan fingerprint density at radius 3 is 2.42 bits per heavy atom. The lowest BCUT2D eigenvalue weighted by Crippen LogP contribution is -2.25. The van der Waals surface area contributed by atoms with Gasteiger partial charge in [-0.3, -0.25) is 0 Å². The second-order valence-electron chi connectivity index (χ2n) is 8.04. The molecule has 0 aliphatic carbocycles. The van der Waals surface area contributed by atoms with Crippen molar-refractivity contribution in [3.63, 3.8) is 0 Å². The normalized spacial score (nSPS) is 16.3. The van der Waals surface area contributed by atoms with Gasteiger partial charge in [0.2, 0.25) is 26.6 Å². The lowest BCUT2D eigenvalue weighted by Gasteiger charge is -2.21. The molecular formula is C24H26N2O6S. The topological polar surface area (TPSA) is 91.1 Å². The summed E-state index contributed by atoms with van der Waals surface area (Å²) >= 11 is 0. The van der Waals surface area contributed by atoms with Gasteiger partial charge >= 0.3 is 0 Å². The summed E-state index contributed by atoms with van der Waals surface area (Å²) in [4.78, 5) is 6.58. The standard InChI is InChI=1S/C24H26N2O6S/c1-29-19-9-5-4-8-18(19)22-25-23(24(32-22)26-12-6-2-3-7-13-26)33(27,28)17-10-11-20-21(16-17)31-15-14-30-20/h4-5,8-11,16H,2-3,6-7,12-15H2,1H3. The fourth-order valence-electron chi connectivity index (χ4n) is 4.19. The molecule has 2 aliphatic rings. The van der Waals surface area contributed by atoms with Gasteiger partial charge in [0, 0.05) is 19.2 Å². The van der Waals surface area contributed by atoms with E-state index in [1.54, 1.807) is 25.3 Å². The molecule has 0 N–H and O–H groups in total. The Bertz CT molecular complexity index is 1250. The van der Waals surface area contributed by atoms with Gasteiger partial charge in [0.05, 0.1) is 17.6 Å². The summed E-state index contributed by atoms with van der Waals surface area (Å²) in [5, 5.41) is -0.0954. The summed E-state index contributed by atoms with van der Waals surface area (Å²) in [6.45, 7) is 2.23. The van der Waals surface area contributed by atoms with Crippen molar-refractivity contribution in [3.8, 4) is 28.7 Å². The van der Waals surface area contributed by atoms with Crippen LogP contribution < -0.4 is 19.1 Å². The van der Waals surface area contributed by atoms with Crippen molar-refractivity contribution in [1.82, 2.24) is 4.98 Å². The Hall–Kier alpha value is -3.20. The zero-order valence-electron chi connectivity index (χ0n) is 18.5. The Morgan fingerprint density at radius 1 is 0.939 bits per heavy atom. The highest BCUT2D eigenvalue weighted by atomic mass is 32.2. The predicted molar refractivity (Wildman–Crippen MR) is 122 cm³/mol. The van der Waals surface area contributed by atoms with Crippen molar-refractivity contribution in [2.45, 2.75) is 35.6 Å². The molecule has 0 bridgehead atoms. The summed E-state index contributed by atoms with van der Waals surface area (Å²) < 4.78 is 50.3. The third-order valence-electron chi connectivity index (χ3n) is 5.89. The summed E-state index contributed by atoms with van der Waals surface area (Å²) in [5.41, 5.74) is 0.597. The average Bonchev–Trinajstić information content (AvgIpc) is 3.13. The first-order valence-electron chi connectivity index (χ1n) is 11.1. The highest BCUT2D eigenvalue weighted by molar-refractivity contribution is 7.91. The van der Waals surface area contributed by atoms with Crippen LogP contribution in [-0.2, 0) is 9.84 Å². The van der Waals surface area contributed by atoms with Gasteiger partial charge in [-0.05, 0) is 37.1 Å². The Morgan fingerprint density at radius 2 is 1.67 bits per heavy atom. The number of methoxy groups -OCH3 is 1. The molecule has 9 heteroatoms. The quantitative estimate of drug-likeness (QED) is 0.544. The van der Waals surface area contributed by atoms with Crippen molar-refractivity contribution in [2.24, 2.45) is 0 Å². The fourth-order valence-corrected chi connectivity index (χ4v) is 5.52. The second kappa shape index (κ2) is 8.97. The van der Waals surface area contributed by atoms with Gasteiger partial charge in [0.15, 0.2) is 11.5 Å². The number of rotatable bonds is 5. The molecule has 1 saturated heterocycles. The van der Waals surface area contributed by atoms with Crippen LogP contribution in [-0.4, -0.2) is 46.8 Å². The molecule has 0 saturated carbocycles. The number of sulfone groups is 1. The van der Waals surface area contributed by atoms with Crippen LogP contribution in [0.3, 0.4) is 0 Å². The van der Waals surface area contributed by atoms with Crippen LogP contribution in [0.1, 0.15) is 25.7 Å². The second-order valence-corrected chi connectivity index (χ2v) is 9.90. The minimum atomic E-state index is -3.99. The van der Waals surface area contributed by atoms with Crippen LogP contribution >= 0.6 is 0 Å². The zero-order chi connectivity index (χ0) is 22.8. The molecule has 1 aromatic heterocycles. The smallest absolute Gasteiger partial charge is 0.236 e. The van der Waals surface area contributed by atoms with Crippen molar-refractivity contribution in [2.75, 3.05) is 38.3 Å². The first-order valence-corrected chi connectivity index (χ1v) is 12.6. The van der Waals surface area contributed by atoms with E-state index < -0.39 is 9.84 Å². The summed E-state index contributed by atoms with van der Waals surface area (Å²) in [6, 6.07) is 11.9. The van der Waals surface area contributed by atoms with Gasteiger partial charge in [-0.1, -0.05) is 25.0 Å². The SMILES string of the molecule is COc1ccccc1-c1nc(S(=O)(=O)c2ccc3c(c2)OCCO3)c(N2CCCCCC2)o1. The lowest BCUT2D eigenvalue weighted by atomic mass is 10.2. The highest BCUT2D eigenvalue weighted by Crippen LogP contribution is 2.40. The molecule has 0 spiro atoms. The van der Waals surface area contributed by atoms with Crippen molar-refractivity contribution < 1.29 is 27.0 Å². The van der Waals surface area contributed by atoms with Crippen LogP contribution in [0.25, 0.3) is 11.5 Å². The van der Waals surface area contributed by atoms with Gasteiger partial charge in [0.1, 0.15) is 19.0 Å². The van der Waals surface area contributed by atoms with E-state index in [-0.39, 0.29) is 21.7 Å². The van der Waals surface area contributed by atoms with Crippen LogP contribution in [0.4, 0.5) is 5.88 Å². The van der Waals surface area contributed by atoms with Gasteiger partial charge in [-0.2, -0.15) is 4.98 Å². The van der Waals surface area contributed by atoms with E-state index in [1.807, 2.05) is 17.0 Å². The molecule has 5 rings (SSSR count). The van der Waals surface area contributed by atoms with Crippen molar-refractivity contribution in [1.29, 1.82) is 0 Å². The monoisotopic (exact) mass is 470 g/mol. The van der Waals surface area contributed by atoms with Crippen LogP contribution in [0.2, 0.25) is 0 Å². The molecule has 0 unspecified atom stereocenters. The predicted octanol–water partition coefficient (Wildman–Crippen LogP) is 4.33. The zero-order valence-corrected chi connectivity index (χ0v) is 19.3. The summed E-state index contributed by atoms with van der Waals surface area (Å²) in [6.07, 6.45) is 4.14. The number of hydrogen-bond acceptors (Lipinski definition) is 8. The maximum absolute atomic E-state index is 13.8. The van der Waals surface area contributed by atoms with Crippen LogP contribution in [0, 0.1) is 0 Å². The van der Waals surface area contributed by atoms with E-state index in [2.05, 4.69) is 4.98 Å². The van der Waals surface area contributed by atoms with Gasteiger partial charge in [0.25, 0.3) is 0 Å². The van der Waals surface area contributed by atoms with E-state index in [0.717, 1.165) is 25.7 Å². The van der Waals surface area contributed by atoms with E-state index in [1.165, 1.54) is 12.1 Å². The largest absolute Gasteiger partial charge is 0.496 e. The van der Waals surface area contributed by atoms with Crippen LogP contribution in [0.5, 0.6) is 17.2 Å². The number of oxazole rings is 1. The third-order valence-corrected chi connectivity index (χ3v) is 7.54. The van der Waals surface area contributed by atoms with Gasteiger partial charge in [-0.25, -0.2) is 8.42 Å². The minimum absolute atomic E-state index is 0.0858. The van der Waals surface area contributed by atoms with Crippen LogP contribution in [0.15, 0.2) is 56.8 Å². The minimum Gasteiger partial charge on any atom is -0.496 e. The number of fused-ring (bicyclic) bond motifs is 1. The molecule has 0 radical (unpaired) electrons. The molecule has 2 aromatic carbocycles. The number of benzene rings is 2. The Balaban J connectivity index is 1.64. The number of anilines is 1.